The van der Waals surface area contributed by atoms with E-state index in [4.69, 9.17) is 0 Å². The fraction of sp³-hybridized carbons (Fsp3) is 0.933. The number of carbonyl (C=O) groups excluding carboxylic acids is 1. The highest BCUT2D eigenvalue weighted by Crippen LogP contribution is 1.97. The molecule has 114 valence electrons. The number of hydrogen-bond acceptors (Lipinski definition) is 4. The highest BCUT2D eigenvalue weighted by Gasteiger charge is 2.10. The monoisotopic (exact) mass is 271 g/mol. The number of likely N-dealkylation sites (N-methyl/N-ethyl adjacent to an activating group) is 3. The lowest BCUT2D eigenvalue weighted by atomic mass is 10.1. The molecule has 0 unspecified atom stereocenters. The summed E-state index contributed by atoms with van der Waals surface area (Å²) in [7, 11) is 6.35. The van der Waals surface area contributed by atoms with Crippen molar-refractivity contribution in [1.29, 1.82) is 0 Å². The second-order valence-corrected chi connectivity index (χ2v) is 5.97. The van der Waals surface area contributed by atoms with Crippen LogP contribution in [0, 0.1) is 5.92 Å². The Hall–Kier alpha value is -0.450. The summed E-state index contributed by atoms with van der Waals surface area (Å²) in [4.78, 5) is 18.4. The molecule has 0 saturated carbocycles. The Morgan fingerprint density at radius 1 is 0.842 bits per heavy atom. The Bertz CT molecular complexity index is 244. The number of nitrogens with zero attached hydrogens (tertiary/aromatic N) is 3. The molecular formula is C15H33N3O. The smallest absolute Gasteiger partial charge is 0.149 e. The molecule has 0 aliphatic heterocycles. The van der Waals surface area contributed by atoms with Crippen molar-refractivity contribution in [2.24, 2.45) is 5.92 Å². The highest BCUT2D eigenvalue weighted by molar-refractivity contribution is 5.82. The molecule has 0 bridgehead atoms. The van der Waals surface area contributed by atoms with Crippen molar-refractivity contribution in [2.75, 3.05) is 60.4 Å². The van der Waals surface area contributed by atoms with Gasteiger partial charge in [-0.15, -0.1) is 0 Å². The number of carbonyl (C=O) groups is 1. The van der Waals surface area contributed by atoms with E-state index in [0.717, 1.165) is 32.7 Å². The maximum Gasteiger partial charge on any atom is 0.149 e. The van der Waals surface area contributed by atoms with Gasteiger partial charge in [-0.25, -0.2) is 0 Å². The molecule has 0 atom stereocenters. The van der Waals surface area contributed by atoms with E-state index in [1.807, 2.05) is 20.9 Å². The van der Waals surface area contributed by atoms with Gasteiger partial charge >= 0.3 is 0 Å². The Labute approximate surface area is 119 Å². The minimum Gasteiger partial charge on any atom is -0.305 e. The zero-order valence-corrected chi connectivity index (χ0v) is 13.8. The van der Waals surface area contributed by atoms with Crippen molar-refractivity contribution < 1.29 is 4.79 Å². The van der Waals surface area contributed by atoms with Gasteiger partial charge in [0.25, 0.3) is 0 Å². The molecule has 19 heavy (non-hydrogen) atoms. The molecule has 4 heteroatoms. The first kappa shape index (κ1) is 18.6. The summed E-state index contributed by atoms with van der Waals surface area (Å²) in [6.07, 6.45) is 1.21. The third kappa shape index (κ3) is 10.0. The zero-order chi connectivity index (χ0) is 14.8. The van der Waals surface area contributed by atoms with Crippen molar-refractivity contribution in [1.82, 2.24) is 14.7 Å². The normalized spacial score (nSPS) is 12.1. The lowest BCUT2D eigenvalue weighted by Crippen LogP contribution is -2.37. The molecule has 0 aromatic rings. The Balaban J connectivity index is 3.71. The molecule has 0 radical (unpaired) electrons. The number of Topliss-reactive ketones (excluding diaryl/α,β-unsaturated/α-hetero) is 1. The standard InChI is InChI=1S/C15H33N3O/c1-7-8-16(4)9-10-17(5)11-12-18(6)13-15(19)14(2)3/h14H,7-13H2,1-6H3. The summed E-state index contributed by atoms with van der Waals surface area (Å²) >= 11 is 0. The van der Waals surface area contributed by atoms with Gasteiger partial charge in [-0.05, 0) is 34.1 Å². The van der Waals surface area contributed by atoms with Crippen LogP contribution in [0.5, 0.6) is 0 Å². The molecule has 0 spiro atoms. The fourth-order valence-corrected chi connectivity index (χ4v) is 1.82. The van der Waals surface area contributed by atoms with Crippen molar-refractivity contribution >= 4 is 5.78 Å². The molecule has 0 aliphatic rings. The minimum absolute atomic E-state index is 0.142. The predicted molar refractivity (Wildman–Crippen MR) is 82.6 cm³/mol. The van der Waals surface area contributed by atoms with E-state index < -0.39 is 0 Å². The van der Waals surface area contributed by atoms with Crippen molar-refractivity contribution in [2.45, 2.75) is 27.2 Å². The molecule has 4 nitrogen and oxygen atoms in total. The second kappa shape index (κ2) is 10.4. The molecule has 0 saturated heterocycles. The van der Waals surface area contributed by atoms with Crippen LogP contribution in [0.2, 0.25) is 0 Å². The first-order valence-electron chi connectivity index (χ1n) is 7.45. The number of rotatable bonds is 11. The zero-order valence-electron chi connectivity index (χ0n) is 13.8. The summed E-state index contributed by atoms with van der Waals surface area (Å²) in [5.41, 5.74) is 0. The quantitative estimate of drug-likeness (QED) is 0.568. The van der Waals surface area contributed by atoms with Crippen LogP contribution in [-0.2, 0) is 4.79 Å². The fourth-order valence-electron chi connectivity index (χ4n) is 1.82. The SMILES string of the molecule is CCCN(C)CCN(C)CCN(C)CC(=O)C(C)C. The maximum absolute atomic E-state index is 11.6. The predicted octanol–water partition coefficient (Wildman–Crippen LogP) is 1.42. The van der Waals surface area contributed by atoms with Gasteiger partial charge in [0, 0.05) is 32.1 Å². The first-order valence-corrected chi connectivity index (χ1v) is 7.45. The molecule has 0 amide bonds. The van der Waals surface area contributed by atoms with Crippen LogP contribution in [0.4, 0.5) is 0 Å². The van der Waals surface area contributed by atoms with Crippen molar-refractivity contribution in [3.8, 4) is 0 Å². The molecule has 0 aromatic carbocycles. The van der Waals surface area contributed by atoms with Crippen LogP contribution in [0.1, 0.15) is 27.2 Å². The average Bonchev–Trinajstić information content (AvgIpc) is 2.34. The van der Waals surface area contributed by atoms with Crippen molar-refractivity contribution in [3.63, 3.8) is 0 Å². The first-order chi connectivity index (χ1) is 8.86. The van der Waals surface area contributed by atoms with E-state index in [2.05, 4.69) is 35.7 Å². The van der Waals surface area contributed by atoms with Crippen LogP contribution >= 0.6 is 0 Å². The molecule has 0 heterocycles. The van der Waals surface area contributed by atoms with Crippen LogP contribution in [0.15, 0.2) is 0 Å². The van der Waals surface area contributed by atoms with Crippen LogP contribution < -0.4 is 0 Å². The highest BCUT2D eigenvalue weighted by atomic mass is 16.1. The summed E-state index contributed by atoms with van der Waals surface area (Å²) in [5, 5.41) is 0. The Kier molecular flexibility index (Phi) is 10.1. The molecule has 0 aromatic heterocycles. The molecule has 0 N–H and O–H groups in total. The van der Waals surface area contributed by atoms with Crippen LogP contribution in [0.25, 0.3) is 0 Å². The largest absolute Gasteiger partial charge is 0.305 e. The van der Waals surface area contributed by atoms with Crippen molar-refractivity contribution in [3.05, 3.63) is 0 Å². The van der Waals surface area contributed by atoms with Gasteiger partial charge in [-0.2, -0.15) is 0 Å². The maximum atomic E-state index is 11.6. The third-order valence-corrected chi connectivity index (χ3v) is 3.40. The van der Waals surface area contributed by atoms with Crippen LogP contribution in [-0.4, -0.2) is 80.9 Å². The van der Waals surface area contributed by atoms with Gasteiger partial charge in [0.05, 0.1) is 6.54 Å². The summed E-state index contributed by atoms with van der Waals surface area (Å²) < 4.78 is 0. The Morgan fingerprint density at radius 3 is 1.68 bits per heavy atom. The molecule has 0 rings (SSSR count). The molecule has 0 aliphatic carbocycles. The number of ketones is 1. The summed E-state index contributed by atoms with van der Waals surface area (Å²) in [6.45, 7) is 12.0. The van der Waals surface area contributed by atoms with Gasteiger partial charge in [0.15, 0.2) is 0 Å². The van der Waals surface area contributed by atoms with E-state index in [1.54, 1.807) is 0 Å². The number of hydrogen-bond donors (Lipinski definition) is 0. The Morgan fingerprint density at radius 2 is 1.26 bits per heavy atom. The summed E-state index contributed by atoms with van der Waals surface area (Å²) in [6, 6.07) is 0. The van der Waals surface area contributed by atoms with E-state index in [0.29, 0.717) is 12.3 Å². The van der Waals surface area contributed by atoms with Crippen LogP contribution in [0.3, 0.4) is 0 Å². The second-order valence-electron chi connectivity index (χ2n) is 5.97. The average molecular weight is 271 g/mol. The van der Waals surface area contributed by atoms with Gasteiger partial charge in [0.2, 0.25) is 0 Å². The third-order valence-electron chi connectivity index (χ3n) is 3.40. The molecular weight excluding hydrogens is 238 g/mol. The van der Waals surface area contributed by atoms with E-state index in [9.17, 15) is 4.79 Å². The van der Waals surface area contributed by atoms with E-state index in [-0.39, 0.29) is 5.92 Å². The van der Waals surface area contributed by atoms with Gasteiger partial charge in [-0.3, -0.25) is 9.69 Å². The van der Waals surface area contributed by atoms with Gasteiger partial charge in [-0.1, -0.05) is 20.8 Å². The van der Waals surface area contributed by atoms with Gasteiger partial charge in [0.1, 0.15) is 5.78 Å². The lowest BCUT2D eigenvalue weighted by Gasteiger charge is -2.24. The minimum atomic E-state index is 0.142. The summed E-state index contributed by atoms with van der Waals surface area (Å²) in [5.74, 6) is 0.468. The molecule has 0 fully saturated rings. The topological polar surface area (TPSA) is 26.8 Å². The van der Waals surface area contributed by atoms with Gasteiger partial charge < -0.3 is 9.80 Å². The lowest BCUT2D eigenvalue weighted by molar-refractivity contribution is -0.122. The van der Waals surface area contributed by atoms with E-state index >= 15 is 0 Å². The van der Waals surface area contributed by atoms with E-state index in [1.165, 1.54) is 6.42 Å².